The van der Waals surface area contributed by atoms with Crippen LogP contribution in [0.25, 0.3) is 0 Å². The zero-order chi connectivity index (χ0) is 13.9. The minimum atomic E-state index is -3.98. The van der Waals surface area contributed by atoms with Crippen molar-refractivity contribution in [2.24, 2.45) is 5.92 Å². The van der Waals surface area contributed by atoms with Crippen LogP contribution in [0, 0.1) is 5.92 Å². The second-order valence-corrected chi connectivity index (χ2v) is 6.59. The number of carbonyl (C=O) groups is 2. The van der Waals surface area contributed by atoms with Gasteiger partial charge in [0, 0.05) is 6.54 Å². The SMILES string of the molecule is COC(=O)C(C)S(=O)(=O)N(CC(=O)O)CC1CC1. The monoisotopic (exact) mass is 279 g/mol. The Morgan fingerprint density at radius 3 is 2.39 bits per heavy atom. The summed E-state index contributed by atoms with van der Waals surface area (Å²) in [4.78, 5) is 22.0. The summed E-state index contributed by atoms with van der Waals surface area (Å²) in [7, 11) is -2.89. The maximum Gasteiger partial charge on any atom is 0.325 e. The number of aliphatic carboxylic acids is 1. The Balaban J connectivity index is 2.86. The molecule has 0 spiro atoms. The molecule has 1 aliphatic rings. The highest BCUT2D eigenvalue weighted by Gasteiger charge is 2.38. The van der Waals surface area contributed by atoms with E-state index in [-0.39, 0.29) is 12.5 Å². The van der Waals surface area contributed by atoms with Crippen LogP contribution in [-0.2, 0) is 24.3 Å². The third-order valence-electron chi connectivity index (χ3n) is 2.81. The number of nitrogens with zero attached hydrogens (tertiary/aromatic N) is 1. The second kappa shape index (κ2) is 5.66. The zero-order valence-corrected chi connectivity index (χ0v) is 11.1. The fourth-order valence-corrected chi connectivity index (χ4v) is 3.00. The van der Waals surface area contributed by atoms with E-state index >= 15 is 0 Å². The van der Waals surface area contributed by atoms with Crippen molar-refractivity contribution in [2.45, 2.75) is 25.0 Å². The molecule has 0 amide bonds. The van der Waals surface area contributed by atoms with Gasteiger partial charge in [0.25, 0.3) is 0 Å². The van der Waals surface area contributed by atoms with E-state index in [2.05, 4.69) is 4.74 Å². The predicted octanol–water partition coefficient (Wildman–Crippen LogP) is -0.326. The second-order valence-electron chi connectivity index (χ2n) is 4.34. The number of esters is 1. The minimum absolute atomic E-state index is 0.149. The third-order valence-corrected chi connectivity index (χ3v) is 4.89. The van der Waals surface area contributed by atoms with Crippen LogP contribution in [0.3, 0.4) is 0 Å². The molecule has 0 heterocycles. The summed E-state index contributed by atoms with van der Waals surface area (Å²) in [5.74, 6) is -1.93. The Morgan fingerprint density at radius 1 is 1.44 bits per heavy atom. The molecular formula is C10H17NO6S. The average molecular weight is 279 g/mol. The van der Waals surface area contributed by atoms with Crippen LogP contribution in [0.15, 0.2) is 0 Å². The van der Waals surface area contributed by atoms with Gasteiger partial charge in [-0.05, 0) is 25.7 Å². The van der Waals surface area contributed by atoms with Gasteiger partial charge in [0.2, 0.25) is 10.0 Å². The lowest BCUT2D eigenvalue weighted by atomic mass is 10.4. The molecule has 0 aromatic heterocycles. The normalized spacial score (nSPS) is 17.5. The molecule has 1 fully saturated rings. The van der Waals surface area contributed by atoms with Crippen molar-refractivity contribution in [1.82, 2.24) is 4.31 Å². The van der Waals surface area contributed by atoms with Gasteiger partial charge in [-0.15, -0.1) is 0 Å². The van der Waals surface area contributed by atoms with Crippen molar-refractivity contribution >= 4 is 22.0 Å². The standard InChI is InChI=1S/C10H17NO6S/c1-7(10(14)17-2)18(15,16)11(6-9(12)13)5-8-3-4-8/h7-8H,3-6H2,1-2H3,(H,12,13). The van der Waals surface area contributed by atoms with E-state index in [4.69, 9.17) is 5.11 Å². The molecule has 1 saturated carbocycles. The van der Waals surface area contributed by atoms with Crippen LogP contribution in [0.5, 0.6) is 0 Å². The number of hydrogen-bond donors (Lipinski definition) is 1. The number of ether oxygens (including phenoxy) is 1. The van der Waals surface area contributed by atoms with E-state index < -0.39 is 33.8 Å². The molecule has 1 rings (SSSR count). The summed E-state index contributed by atoms with van der Waals surface area (Å²) in [6.45, 7) is 0.721. The highest BCUT2D eigenvalue weighted by molar-refractivity contribution is 7.90. The summed E-state index contributed by atoms with van der Waals surface area (Å²) in [5.41, 5.74) is 0. The van der Waals surface area contributed by atoms with Gasteiger partial charge in [-0.1, -0.05) is 0 Å². The molecule has 0 aromatic rings. The van der Waals surface area contributed by atoms with Crippen LogP contribution in [0.2, 0.25) is 0 Å². The van der Waals surface area contributed by atoms with Gasteiger partial charge in [0.1, 0.15) is 6.54 Å². The Morgan fingerprint density at radius 2 is 2.00 bits per heavy atom. The van der Waals surface area contributed by atoms with E-state index in [9.17, 15) is 18.0 Å². The van der Waals surface area contributed by atoms with E-state index in [1.807, 2.05) is 0 Å². The molecule has 18 heavy (non-hydrogen) atoms. The molecule has 0 aliphatic heterocycles. The maximum absolute atomic E-state index is 12.1. The van der Waals surface area contributed by atoms with E-state index in [1.165, 1.54) is 6.92 Å². The van der Waals surface area contributed by atoms with E-state index in [0.717, 1.165) is 24.3 Å². The average Bonchev–Trinajstić information content (AvgIpc) is 3.09. The number of hydrogen-bond acceptors (Lipinski definition) is 5. The van der Waals surface area contributed by atoms with Crippen molar-refractivity contribution in [3.8, 4) is 0 Å². The number of carbonyl (C=O) groups excluding carboxylic acids is 1. The Bertz CT molecular complexity index is 428. The van der Waals surface area contributed by atoms with Crippen LogP contribution in [0.1, 0.15) is 19.8 Å². The van der Waals surface area contributed by atoms with E-state index in [1.54, 1.807) is 0 Å². The minimum Gasteiger partial charge on any atom is -0.480 e. The summed E-state index contributed by atoms with van der Waals surface area (Å²) >= 11 is 0. The van der Waals surface area contributed by atoms with Crippen molar-refractivity contribution in [2.75, 3.05) is 20.2 Å². The first-order valence-electron chi connectivity index (χ1n) is 5.57. The summed E-state index contributed by atoms with van der Waals surface area (Å²) in [6.07, 6.45) is 1.77. The van der Waals surface area contributed by atoms with Gasteiger partial charge in [-0.3, -0.25) is 9.59 Å². The molecule has 8 heteroatoms. The molecule has 1 aliphatic carbocycles. The molecule has 104 valence electrons. The topological polar surface area (TPSA) is 101 Å². The first kappa shape index (κ1) is 14.9. The van der Waals surface area contributed by atoms with Gasteiger partial charge in [-0.25, -0.2) is 8.42 Å². The van der Waals surface area contributed by atoms with Crippen LogP contribution in [-0.4, -0.2) is 55.2 Å². The first-order chi connectivity index (χ1) is 8.28. The molecule has 1 unspecified atom stereocenters. The van der Waals surface area contributed by atoms with Crippen molar-refractivity contribution in [3.63, 3.8) is 0 Å². The van der Waals surface area contributed by atoms with E-state index in [0.29, 0.717) is 0 Å². The van der Waals surface area contributed by atoms with Crippen molar-refractivity contribution < 1.29 is 27.9 Å². The Labute approximate surface area is 106 Å². The highest BCUT2D eigenvalue weighted by Crippen LogP contribution is 2.31. The maximum atomic E-state index is 12.1. The van der Waals surface area contributed by atoms with Crippen molar-refractivity contribution in [3.05, 3.63) is 0 Å². The van der Waals surface area contributed by atoms with Crippen LogP contribution < -0.4 is 0 Å². The lowest BCUT2D eigenvalue weighted by molar-refractivity contribution is -0.140. The fraction of sp³-hybridized carbons (Fsp3) is 0.800. The van der Waals surface area contributed by atoms with Crippen LogP contribution in [0.4, 0.5) is 0 Å². The first-order valence-corrected chi connectivity index (χ1v) is 7.08. The lowest BCUT2D eigenvalue weighted by Crippen LogP contribution is -2.44. The number of methoxy groups -OCH3 is 1. The fourth-order valence-electron chi connectivity index (χ4n) is 1.51. The molecule has 0 saturated heterocycles. The summed E-state index contributed by atoms with van der Waals surface area (Å²) in [6, 6.07) is 0. The number of sulfonamides is 1. The zero-order valence-electron chi connectivity index (χ0n) is 10.3. The molecule has 0 radical (unpaired) electrons. The molecule has 1 atom stereocenters. The number of rotatable bonds is 7. The Hall–Kier alpha value is -1.15. The van der Waals surface area contributed by atoms with Gasteiger partial charge >= 0.3 is 11.9 Å². The predicted molar refractivity (Wildman–Crippen MR) is 62.3 cm³/mol. The largest absolute Gasteiger partial charge is 0.480 e. The molecular weight excluding hydrogens is 262 g/mol. The van der Waals surface area contributed by atoms with Gasteiger partial charge < -0.3 is 9.84 Å². The molecule has 0 aromatic carbocycles. The summed E-state index contributed by atoms with van der Waals surface area (Å²) < 4.78 is 29.4. The number of carboxylic acids is 1. The summed E-state index contributed by atoms with van der Waals surface area (Å²) in [5, 5.41) is 7.35. The van der Waals surface area contributed by atoms with Gasteiger partial charge in [0.05, 0.1) is 7.11 Å². The smallest absolute Gasteiger partial charge is 0.325 e. The molecule has 0 bridgehead atoms. The molecule has 1 N–H and O–H groups in total. The third kappa shape index (κ3) is 3.67. The van der Waals surface area contributed by atoms with Gasteiger partial charge in [-0.2, -0.15) is 4.31 Å². The Kier molecular flexibility index (Phi) is 4.69. The van der Waals surface area contributed by atoms with Gasteiger partial charge in [0.15, 0.2) is 5.25 Å². The quantitative estimate of drug-likeness (QED) is 0.641. The number of carboxylic acid groups (broad SMARTS) is 1. The van der Waals surface area contributed by atoms with Crippen molar-refractivity contribution in [1.29, 1.82) is 0 Å². The highest BCUT2D eigenvalue weighted by atomic mass is 32.2. The molecule has 7 nitrogen and oxygen atoms in total. The van der Waals surface area contributed by atoms with Crippen LogP contribution >= 0.6 is 0 Å². The lowest BCUT2D eigenvalue weighted by Gasteiger charge is -2.23.